The minimum Gasteiger partial charge on any atom is -0.481 e. The zero-order chi connectivity index (χ0) is 16.9. The standard InChI is InChI=1S/C16H21NO5/c1-10-7-5-6-8-11(10)14(20)12(9-13(18)19)17-15(21)22-16(2,3)4/h5-8,12H,9H2,1-4H3,(H,17,21)(H,18,19)/t12-/m0/s1. The molecular formula is C16H21NO5. The van der Waals surface area contributed by atoms with Crippen LogP contribution in [0.4, 0.5) is 4.79 Å². The molecule has 0 aliphatic heterocycles. The van der Waals surface area contributed by atoms with Crippen LogP contribution in [0.2, 0.25) is 0 Å². The Bertz CT molecular complexity index is 574. The van der Waals surface area contributed by atoms with E-state index in [2.05, 4.69) is 5.32 Å². The van der Waals surface area contributed by atoms with Gasteiger partial charge < -0.3 is 15.2 Å². The van der Waals surface area contributed by atoms with Gasteiger partial charge in [-0.3, -0.25) is 9.59 Å². The highest BCUT2D eigenvalue weighted by atomic mass is 16.6. The Kier molecular flexibility index (Phi) is 5.68. The first kappa shape index (κ1) is 17.7. The number of carboxylic acid groups (broad SMARTS) is 1. The SMILES string of the molecule is Cc1ccccc1C(=O)[C@H](CC(=O)O)NC(=O)OC(C)(C)C. The predicted octanol–water partition coefficient (Wildman–Crippen LogP) is 2.55. The van der Waals surface area contributed by atoms with E-state index >= 15 is 0 Å². The van der Waals surface area contributed by atoms with Crippen LogP contribution in [0, 0.1) is 6.92 Å². The molecule has 120 valence electrons. The number of Topliss-reactive ketones (excluding diaryl/α,β-unsaturated/α-hetero) is 1. The molecule has 6 nitrogen and oxygen atoms in total. The number of ether oxygens (including phenoxy) is 1. The largest absolute Gasteiger partial charge is 0.481 e. The number of hydrogen-bond donors (Lipinski definition) is 2. The summed E-state index contributed by atoms with van der Waals surface area (Å²) in [6.07, 6.45) is -1.33. The van der Waals surface area contributed by atoms with Gasteiger partial charge in [0, 0.05) is 5.56 Å². The molecule has 0 fully saturated rings. The maximum atomic E-state index is 12.5. The van der Waals surface area contributed by atoms with E-state index in [9.17, 15) is 14.4 Å². The highest BCUT2D eigenvalue weighted by Crippen LogP contribution is 2.13. The predicted molar refractivity (Wildman–Crippen MR) is 80.9 cm³/mol. The third-order valence-electron chi connectivity index (χ3n) is 2.80. The Morgan fingerprint density at radius 3 is 2.32 bits per heavy atom. The number of amides is 1. The van der Waals surface area contributed by atoms with Gasteiger partial charge in [0.05, 0.1) is 6.42 Å². The lowest BCUT2D eigenvalue weighted by Crippen LogP contribution is -2.44. The Hall–Kier alpha value is -2.37. The molecule has 1 rings (SSSR count). The second-order valence-corrected chi connectivity index (χ2v) is 5.98. The lowest BCUT2D eigenvalue weighted by Gasteiger charge is -2.22. The van der Waals surface area contributed by atoms with Crippen LogP contribution in [-0.2, 0) is 9.53 Å². The van der Waals surface area contributed by atoms with E-state index in [1.807, 2.05) is 0 Å². The van der Waals surface area contributed by atoms with Crippen molar-refractivity contribution in [3.05, 3.63) is 35.4 Å². The van der Waals surface area contributed by atoms with Gasteiger partial charge in [-0.1, -0.05) is 24.3 Å². The van der Waals surface area contributed by atoms with E-state index in [0.29, 0.717) is 11.1 Å². The zero-order valence-electron chi connectivity index (χ0n) is 13.2. The average molecular weight is 307 g/mol. The number of carbonyl (C=O) groups is 3. The fourth-order valence-corrected chi connectivity index (χ4v) is 1.87. The van der Waals surface area contributed by atoms with Crippen LogP contribution in [0.1, 0.15) is 43.1 Å². The molecule has 0 spiro atoms. The Labute approximate surface area is 129 Å². The van der Waals surface area contributed by atoms with Gasteiger partial charge >= 0.3 is 12.1 Å². The lowest BCUT2D eigenvalue weighted by atomic mass is 9.98. The number of rotatable bonds is 5. The van der Waals surface area contributed by atoms with E-state index < -0.39 is 35.9 Å². The van der Waals surface area contributed by atoms with E-state index in [1.165, 1.54) is 0 Å². The minimum atomic E-state index is -1.18. The maximum absolute atomic E-state index is 12.5. The van der Waals surface area contributed by atoms with Crippen molar-refractivity contribution in [1.82, 2.24) is 5.32 Å². The fraction of sp³-hybridized carbons (Fsp3) is 0.438. The molecule has 0 aromatic heterocycles. The smallest absolute Gasteiger partial charge is 0.408 e. The van der Waals surface area contributed by atoms with Crippen LogP contribution < -0.4 is 5.32 Å². The van der Waals surface area contributed by atoms with Gasteiger partial charge in [0.25, 0.3) is 0 Å². The van der Waals surface area contributed by atoms with Crippen molar-refractivity contribution in [3.8, 4) is 0 Å². The highest BCUT2D eigenvalue weighted by Gasteiger charge is 2.27. The lowest BCUT2D eigenvalue weighted by molar-refractivity contribution is -0.137. The molecule has 6 heteroatoms. The first-order valence-corrected chi connectivity index (χ1v) is 6.91. The number of carbonyl (C=O) groups excluding carboxylic acids is 2. The van der Waals surface area contributed by atoms with Crippen LogP contribution >= 0.6 is 0 Å². The first-order valence-electron chi connectivity index (χ1n) is 6.91. The second-order valence-electron chi connectivity index (χ2n) is 5.98. The van der Waals surface area contributed by atoms with Gasteiger partial charge in [-0.05, 0) is 33.3 Å². The molecule has 0 bridgehead atoms. The summed E-state index contributed by atoms with van der Waals surface area (Å²) in [5, 5.41) is 11.3. The van der Waals surface area contributed by atoms with Crippen molar-refractivity contribution in [1.29, 1.82) is 0 Å². The summed E-state index contributed by atoms with van der Waals surface area (Å²) in [6.45, 7) is 6.80. The number of aliphatic carboxylic acids is 1. The van der Waals surface area contributed by atoms with Crippen LogP contribution in [-0.4, -0.2) is 34.6 Å². The van der Waals surface area contributed by atoms with Gasteiger partial charge in [-0.25, -0.2) is 4.79 Å². The topological polar surface area (TPSA) is 92.7 Å². The third kappa shape index (κ3) is 5.55. The molecule has 2 N–H and O–H groups in total. The molecule has 0 radical (unpaired) electrons. The Balaban J connectivity index is 2.93. The van der Waals surface area contributed by atoms with Crippen molar-refractivity contribution in [2.75, 3.05) is 0 Å². The fourth-order valence-electron chi connectivity index (χ4n) is 1.87. The number of carboxylic acids is 1. The summed E-state index contributed by atoms with van der Waals surface area (Å²) in [7, 11) is 0. The van der Waals surface area contributed by atoms with Gasteiger partial charge in [-0.2, -0.15) is 0 Å². The molecular weight excluding hydrogens is 286 g/mol. The number of nitrogens with one attached hydrogen (secondary N) is 1. The quantitative estimate of drug-likeness (QED) is 0.815. The Morgan fingerprint density at radius 1 is 1.23 bits per heavy atom. The molecule has 0 aliphatic rings. The first-order chi connectivity index (χ1) is 10.1. The minimum absolute atomic E-state index is 0.379. The van der Waals surface area contributed by atoms with Crippen molar-refractivity contribution < 1.29 is 24.2 Å². The number of benzene rings is 1. The number of hydrogen-bond acceptors (Lipinski definition) is 4. The summed E-state index contributed by atoms with van der Waals surface area (Å²) < 4.78 is 5.07. The van der Waals surface area contributed by atoms with Crippen LogP contribution in [0.25, 0.3) is 0 Å². The summed E-state index contributed by atoms with van der Waals surface area (Å²) >= 11 is 0. The molecule has 1 amide bonds. The third-order valence-corrected chi connectivity index (χ3v) is 2.80. The van der Waals surface area contributed by atoms with Crippen molar-refractivity contribution >= 4 is 17.8 Å². The van der Waals surface area contributed by atoms with Gasteiger partial charge in [0.2, 0.25) is 0 Å². The second kappa shape index (κ2) is 7.06. The molecule has 22 heavy (non-hydrogen) atoms. The van der Waals surface area contributed by atoms with Gasteiger partial charge in [0.1, 0.15) is 11.6 Å². The van der Waals surface area contributed by atoms with Crippen molar-refractivity contribution in [2.45, 2.75) is 45.8 Å². The van der Waals surface area contributed by atoms with Crippen LogP contribution in [0.3, 0.4) is 0 Å². The summed E-state index contributed by atoms with van der Waals surface area (Å²) in [5.41, 5.74) is 0.363. The number of alkyl carbamates (subject to hydrolysis) is 1. The van der Waals surface area contributed by atoms with Crippen LogP contribution in [0.15, 0.2) is 24.3 Å². The van der Waals surface area contributed by atoms with Gasteiger partial charge in [0.15, 0.2) is 5.78 Å². The summed E-state index contributed by atoms with van der Waals surface area (Å²) in [4.78, 5) is 35.2. The van der Waals surface area contributed by atoms with E-state index in [-0.39, 0.29) is 0 Å². The molecule has 0 unspecified atom stereocenters. The van der Waals surface area contributed by atoms with E-state index in [4.69, 9.17) is 9.84 Å². The van der Waals surface area contributed by atoms with Crippen LogP contribution in [0.5, 0.6) is 0 Å². The van der Waals surface area contributed by atoms with Crippen molar-refractivity contribution in [2.24, 2.45) is 0 Å². The highest BCUT2D eigenvalue weighted by molar-refractivity contribution is 6.04. The van der Waals surface area contributed by atoms with E-state index in [1.54, 1.807) is 52.0 Å². The molecule has 1 atom stereocenters. The number of ketones is 1. The molecule has 0 saturated carbocycles. The Morgan fingerprint density at radius 2 is 1.82 bits per heavy atom. The zero-order valence-corrected chi connectivity index (χ0v) is 13.2. The number of aryl methyl sites for hydroxylation is 1. The summed E-state index contributed by atoms with van der Waals surface area (Å²) in [6, 6.07) is 5.64. The molecule has 1 aromatic carbocycles. The van der Waals surface area contributed by atoms with Gasteiger partial charge in [-0.15, -0.1) is 0 Å². The summed E-state index contributed by atoms with van der Waals surface area (Å²) in [5.74, 6) is -1.63. The maximum Gasteiger partial charge on any atom is 0.408 e. The molecule has 0 aliphatic carbocycles. The average Bonchev–Trinajstić information content (AvgIpc) is 2.35. The monoisotopic (exact) mass is 307 g/mol. The van der Waals surface area contributed by atoms with E-state index in [0.717, 1.165) is 0 Å². The molecule has 0 heterocycles. The van der Waals surface area contributed by atoms with Crippen molar-refractivity contribution in [3.63, 3.8) is 0 Å². The molecule has 1 aromatic rings. The normalized spacial score (nSPS) is 12.4. The molecule has 0 saturated heterocycles.